The molecule has 1 N–H and O–H groups in total. The number of benzene rings is 3. The third kappa shape index (κ3) is 7.19. The van der Waals surface area contributed by atoms with Gasteiger partial charge in [0.15, 0.2) is 5.78 Å². The summed E-state index contributed by atoms with van der Waals surface area (Å²) in [6.45, 7) is 21.3. The normalized spacial score (nSPS) is 17.7. The Morgan fingerprint density at radius 1 is 0.812 bits per heavy atom. The van der Waals surface area contributed by atoms with Crippen LogP contribution >= 0.6 is 0 Å². The Hall–Kier alpha value is -3.27. The Kier molecular flexibility index (Phi) is 11.8. The van der Waals surface area contributed by atoms with E-state index in [1.807, 2.05) is 12.1 Å². The van der Waals surface area contributed by atoms with E-state index in [9.17, 15) is 9.90 Å². The number of para-hydroxylation sites is 2. The minimum absolute atomic E-state index is 0. The number of rotatable bonds is 8. The van der Waals surface area contributed by atoms with Crippen LogP contribution in [-0.4, -0.2) is 15.9 Å². The number of aromatic nitrogens is 1. The van der Waals surface area contributed by atoms with E-state index in [1.54, 1.807) is 0 Å². The van der Waals surface area contributed by atoms with Crippen LogP contribution in [-0.2, 0) is 30.3 Å². The molecular formula is C43H52IrNO3-. The van der Waals surface area contributed by atoms with Crippen LogP contribution in [0.3, 0.4) is 0 Å². The van der Waals surface area contributed by atoms with Crippen LogP contribution < -0.4 is 4.74 Å². The molecule has 1 radical (unpaired) electrons. The van der Waals surface area contributed by atoms with Crippen LogP contribution in [0.25, 0.3) is 22.2 Å². The van der Waals surface area contributed by atoms with E-state index in [1.165, 1.54) is 22.8 Å². The summed E-state index contributed by atoms with van der Waals surface area (Å²) in [5, 5.41) is 11.4. The van der Waals surface area contributed by atoms with Crippen LogP contribution in [0.2, 0.25) is 0 Å². The first-order chi connectivity index (χ1) is 22.2. The first-order valence-corrected chi connectivity index (χ1v) is 17.3. The van der Waals surface area contributed by atoms with Crippen molar-refractivity contribution in [2.45, 2.75) is 86.7 Å². The van der Waals surface area contributed by atoms with Gasteiger partial charge in [0.25, 0.3) is 0 Å². The standard InChI is InChI=1S/C26H20NO.C17H32O2.Ir/c1-26(2)23-17(21-15-14-16-8-3-5-12-20(16)27-21)10-7-11-19(23)25-24(26)18-9-4-6-13-22(18)28-25;1-10(2)16(11(3)4)14(18)9-15(19)17(12(5)6)13(7)8;/h3-9,11-15,24-25H,1-2H3;9-13,16-18H,1-8H3;/q-1;;/b;14-9-;. The number of ether oxygens (including phenoxy) is 1. The second-order valence-corrected chi connectivity index (χ2v) is 15.3. The fraction of sp³-hybridized carbons (Fsp3) is 0.442. The van der Waals surface area contributed by atoms with Gasteiger partial charge in [-0.2, -0.15) is 0 Å². The van der Waals surface area contributed by atoms with Gasteiger partial charge in [0.1, 0.15) is 11.9 Å². The molecule has 6 rings (SSSR count). The summed E-state index contributed by atoms with van der Waals surface area (Å²) in [6, 6.07) is 28.7. The minimum atomic E-state index is -0.0625. The van der Waals surface area contributed by atoms with E-state index in [4.69, 9.17) is 9.72 Å². The SMILES string of the molecule is CC(C)C(C(=O)/C=C(\O)C(C(C)C)C(C)C)C(C)C.CC1(C)c2c(-c3ccc4ccccc4n3)[c-]ccc2C2Oc3ccccc3C21.[Ir]. The van der Waals surface area contributed by atoms with Gasteiger partial charge in [-0.15, -0.1) is 29.3 Å². The van der Waals surface area contributed by atoms with E-state index >= 15 is 0 Å². The number of nitrogens with zero attached hydrogens (tertiary/aromatic N) is 1. The molecule has 5 heteroatoms. The fourth-order valence-electron chi connectivity index (χ4n) is 8.45. The molecule has 2 aliphatic rings. The van der Waals surface area contributed by atoms with Crippen molar-refractivity contribution in [2.75, 3.05) is 0 Å². The maximum absolute atomic E-state index is 12.3. The molecule has 0 bridgehead atoms. The van der Waals surface area contributed by atoms with Crippen molar-refractivity contribution in [3.8, 4) is 17.0 Å². The summed E-state index contributed by atoms with van der Waals surface area (Å²) in [7, 11) is 0. The van der Waals surface area contributed by atoms with Crippen molar-refractivity contribution in [1.82, 2.24) is 4.98 Å². The van der Waals surface area contributed by atoms with Gasteiger partial charge in [-0.1, -0.05) is 123 Å². The average molecular weight is 823 g/mol. The number of ketones is 1. The number of pyridine rings is 1. The summed E-state index contributed by atoms with van der Waals surface area (Å²) in [4.78, 5) is 17.3. The van der Waals surface area contributed by atoms with Gasteiger partial charge in [0.2, 0.25) is 0 Å². The molecule has 1 aliphatic heterocycles. The van der Waals surface area contributed by atoms with Crippen molar-refractivity contribution in [2.24, 2.45) is 35.5 Å². The molecule has 2 unspecified atom stereocenters. The maximum atomic E-state index is 12.3. The Balaban J connectivity index is 0.000000232. The summed E-state index contributed by atoms with van der Waals surface area (Å²) < 4.78 is 6.42. The van der Waals surface area contributed by atoms with Gasteiger partial charge in [-0.3, -0.25) is 9.78 Å². The number of hydrogen-bond donors (Lipinski definition) is 1. The van der Waals surface area contributed by atoms with Crippen molar-refractivity contribution >= 4 is 16.7 Å². The molecule has 0 saturated carbocycles. The molecule has 4 nitrogen and oxygen atoms in total. The van der Waals surface area contributed by atoms with Crippen molar-refractivity contribution in [3.63, 3.8) is 0 Å². The summed E-state index contributed by atoms with van der Waals surface area (Å²) >= 11 is 0. The van der Waals surface area contributed by atoms with E-state index in [0.717, 1.165) is 27.9 Å². The number of carbonyl (C=O) groups is 1. The minimum Gasteiger partial charge on any atom is -0.512 e. The third-order valence-corrected chi connectivity index (χ3v) is 10.3. The van der Waals surface area contributed by atoms with Gasteiger partial charge >= 0.3 is 0 Å². The fourth-order valence-corrected chi connectivity index (χ4v) is 8.45. The van der Waals surface area contributed by atoms with Crippen LogP contribution in [0.15, 0.2) is 84.6 Å². The first kappa shape index (κ1) is 37.5. The van der Waals surface area contributed by atoms with Gasteiger partial charge < -0.3 is 9.84 Å². The second-order valence-electron chi connectivity index (χ2n) is 15.3. The molecule has 2 atom stereocenters. The predicted octanol–water partition coefficient (Wildman–Crippen LogP) is 11.1. The number of carbonyl (C=O) groups excluding carboxylic acids is 1. The molecule has 257 valence electrons. The Labute approximate surface area is 301 Å². The molecule has 2 heterocycles. The average Bonchev–Trinajstić information content (AvgIpc) is 3.50. The monoisotopic (exact) mass is 823 g/mol. The molecule has 3 aromatic carbocycles. The number of aliphatic hydroxyl groups is 1. The summed E-state index contributed by atoms with van der Waals surface area (Å²) in [5.41, 5.74) is 6.94. The van der Waals surface area contributed by atoms with Gasteiger partial charge in [-0.25, -0.2) is 0 Å². The van der Waals surface area contributed by atoms with Crippen LogP contribution in [0.1, 0.15) is 97.9 Å². The Bertz CT molecular complexity index is 1750. The van der Waals surface area contributed by atoms with Gasteiger partial charge in [0, 0.05) is 49.5 Å². The zero-order valence-corrected chi connectivity index (χ0v) is 32.6. The first-order valence-electron chi connectivity index (χ1n) is 17.3. The summed E-state index contributed by atoms with van der Waals surface area (Å²) in [6.07, 6.45) is 1.55. The van der Waals surface area contributed by atoms with E-state index in [-0.39, 0.29) is 55.0 Å². The van der Waals surface area contributed by atoms with E-state index in [0.29, 0.717) is 29.6 Å². The molecule has 1 aliphatic carbocycles. The van der Waals surface area contributed by atoms with Crippen molar-refractivity contribution in [1.29, 1.82) is 0 Å². The zero-order valence-electron chi connectivity index (χ0n) is 30.2. The topological polar surface area (TPSA) is 59.4 Å². The molecule has 0 fully saturated rings. The maximum Gasteiger partial charge on any atom is 0.162 e. The molecule has 48 heavy (non-hydrogen) atoms. The summed E-state index contributed by atoms with van der Waals surface area (Å²) in [5.74, 6) is 2.96. The number of allylic oxidation sites excluding steroid dienone is 2. The predicted molar refractivity (Wildman–Crippen MR) is 194 cm³/mol. The van der Waals surface area contributed by atoms with Crippen LogP contribution in [0.4, 0.5) is 0 Å². The van der Waals surface area contributed by atoms with Crippen LogP contribution in [0.5, 0.6) is 5.75 Å². The van der Waals surface area contributed by atoms with E-state index < -0.39 is 0 Å². The number of aliphatic hydroxyl groups excluding tert-OH is 1. The van der Waals surface area contributed by atoms with Crippen LogP contribution in [0, 0.1) is 41.6 Å². The van der Waals surface area contributed by atoms with Gasteiger partial charge in [-0.05, 0) is 52.3 Å². The molecular weight excluding hydrogens is 771 g/mol. The van der Waals surface area contributed by atoms with Crippen molar-refractivity contribution < 1.29 is 34.7 Å². The molecule has 4 aromatic rings. The Morgan fingerprint density at radius 2 is 1.42 bits per heavy atom. The second kappa shape index (κ2) is 15.1. The molecule has 1 aromatic heterocycles. The number of fused-ring (bicyclic) bond motifs is 6. The largest absolute Gasteiger partial charge is 0.512 e. The Morgan fingerprint density at radius 3 is 2.06 bits per heavy atom. The molecule has 0 spiro atoms. The van der Waals surface area contributed by atoms with Gasteiger partial charge in [0.05, 0.1) is 11.3 Å². The smallest absolute Gasteiger partial charge is 0.162 e. The quantitative estimate of drug-likeness (QED) is 0.109. The zero-order chi connectivity index (χ0) is 34.2. The number of hydrogen-bond acceptors (Lipinski definition) is 4. The van der Waals surface area contributed by atoms with E-state index in [2.05, 4.69) is 136 Å². The van der Waals surface area contributed by atoms with Crippen molar-refractivity contribution in [3.05, 3.63) is 107 Å². The molecule has 0 saturated heterocycles. The third-order valence-electron chi connectivity index (χ3n) is 10.3. The molecule has 0 amide bonds.